The Morgan fingerprint density at radius 1 is 1.04 bits per heavy atom. The van der Waals surface area contributed by atoms with E-state index in [1.807, 2.05) is 0 Å². The number of carbonyl (C=O) groups excluding carboxylic acids is 2. The molecule has 2 bridgehead atoms. The third-order valence-electron chi connectivity index (χ3n) is 5.48. The standard InChI is InChI=1S/C19H20N2O4/c1-24-14-5-3-4-13(17(14)25-2)10-20-21-18(22)15-11-6-7-12(9-8-11)16(15)19(21)23/h3-7,10-12,15-16H,8-9H2,1-2H3/b20-10-/t11-,12-,15-,16+/m1/s1. The first-order valence-corrected chi connectivity index (χ1v) is 8.46. The summed E-state index contributed by atoms with van der Waals surface area (Å²) in [7, 11) is 3.10. The molecule has 0 spiro atoms. The minimum Gasteiger partial charge on any atom is -0.493 e. The SMILES string of the molecule is COc1cccc(/C=N\N2C(=O)[C@@H]3[C@H](C2=O)[C@@H]2C=C[C@@H]3CC2)c1OC. The number of hydrogen-bond donors (Lipinski definition) is 0. The number of hydrazone groups is 1. The summed E-state index contributed by atoms with van der Waals surface area (Å²) in [6, 6.07) is 5.38. The number of hydrogen-bond acceptors (Lipinski definition) is 5. The summed E-state index contributed by atoms with van der Waals surface area (Å²) in [5.74, 6) is 0.546. The van der Waals surface area contributed by atoms with E-state index in [1.165, 1.54) is 6.21 Å². The third-order valence-corrected chi connectivity index (χ3v) is 5.48. The van der Waals surface area contributed by atoms with E-state index in [-0.39, 0.29) is 35.5 Å². The predicted octanol–water partition coefficient (Wildman–Crippen LogP) is 2.23. The van der Waals surface area contributed by atoms with Crippen LogP contribution in [-0.2, 0) is 9.59 Å². The van der Waals surface area contributed by atoms with E-state index < -0.39 is 0 Å². The van der Waals surface area contributed by atoms with Crippen LogP contribution in [0.3, 0.4) is 0 Å². The molecule has 1 saturated heterocycles. The average molecular weight is 340 g/mol. The number of methoxy groups -OCH3 is 2. The first-order chi connectivity index (χ1) is 12.2. The zero-order valence-electron chi connectivity index (χ0n) is 14.2. The fourth-order valence-corrected chi connectivity index (χ4v) is 4.31. The second kappa shape index (κ2) is 6.02. The molecule has 3 aliphatic carbocycles. The van der Waals surface area contributed by atoms with Crippen LogP contribution < -0.4 is 9.47 Å². The van der Waals surface area contributed by atoms with Crippen LogP contribution in [0.1, 0.15) is 18.4 Å². The number of rotatable bonds is 4. The van der Waals surface area contributed by atoms with Gasteiger partial charge in [-0.3, -0.25) is 9.59 Å². The smallest absolute Gasteiger partial charge is 0.254 e. The zero-order chi connectivity index (χ0) is 17.6. The minimum atomic E-state index is -0.249. The predicted molar refractivity (Wildman–Crippen MR) is 91.3 cm³/mol. The van der Waals surface area contributed by atoms with Crippen molar-refractivity contribution in [2.45, 2.75) is 12.8 Å². The first-order valence-electron chi connectivity index (χ1n) is 8.46. The molecule has 0 N–H and O–H groups in total. The average Bonchev–Trinajstić information content (AvgIpc) is 2.93. The van der Waals surface area contributed by atoms with Crippen molar-refractivity contribution in [3.8, 4) is 11.5 Å². The van der Waals surface area contributed by atoms with Crippen molar-refractivity contribution in [1.29, 1.82) is 0 Å². The molecule has 4 aliphatic rings. The maximum atomic E-state index is 12.7. The largest absolute Gasteiger partial charge is 0.493 e. The number of benzene rings is 1. The van der Waals surface area contributed by atoms with Crippen molar-refractivity contribution in [3.63, 3.8) is 0 Å². The molecule has 1 saturated carbocycles. The molecule has 1 aliphatic heterocycles. The van der Waals surface area contributed by atoms with Gasteiger partial charge in [-0.1, -0.05) is 18.2 Å². The second-order valence-electron chi connectivity index (χ2n) is 6.66. The van der Waals surface area contributed by atoms with Gasteiger partial charge in [0.15, 0.2) is 11.5 Å². The van der Waals surface area contributed by atoms with Gasteiger partial charge in [0.1, 0.15) is 0 Å². The molecule has 1 aromatic rings. The Kier molecular flexibility index (Phi) is 3.82. The normalized spacial score (nSPS) is 30.2. The monoisotopic (exact) mass is 340 g/mol. The second-order valence-corrected chi connectivity index (χ2v) is 6.66. The van der Waals surface area contributed by atoms with Gasteiger partial charge < -0.3 is 9.47 Å². The first kappa shape index (κ1) is 15.9. The maximum absolute atomic E-state index is 12.7. The number of ether oxygens (including phenoxy) is 2. The van der Waals surface area contributed by atoms with Gasteiger partial charge in [0, 0.05) is 5.56 Å². The Labute approximate surface area is 146 Å². The van der Waals surface area contributed by atoms with Crippen molar-refractivity contribution in [2.75, 3.05) is 14.2 Å². The van der Waals surface area contributed by atoms with Gasteiger partial charge in [-0.2, -0.15) is 10.1 Å². The number of para-hydroxylation sites is 1. The lowest BCUT2D eigenvalue weighted by Gasteiger charge is -2.37. The van der Waals surface area contributed by atoms with Crippen LogP contribution in [0, 0.1) is 23.7 Å². The molecule has 6 nitrogen and oxygen atoms in total. The molecular formula is C19H20N2O4. The lowest BCUT2D eigenvalue weighted by atomic mass is 9.63. The third kappa shape index (κ3) is 2.35. The minimum absolute atomic E-state index is 0.165. The molecule has 130 valence electrons. The molecule has 0 aromatic heterocycles. The number of nitrogens with zero attached hydrogens (tertiary/aromatic N) is 2. The number of fused-ring (bicyclic) bond motifs is 1. The Morgan fingerprint density at radius 3 is 2.20 bits per heavy atom. The molecule has 0 unspecified atom stereocenters. The Morgan fingerprint density at radius 2 is 1.68 bits per heavy atom. The molecule has 2 amide bonds. The Bertz CT molecular complexity index is 754. The Hall–Kier alpha value is -2.63. The van der Waals surface area contributed by atoms with Gasteiger partial charge >= 0.3 is 0 Å². The lowest BCUT2D eigenvalue weighted by Crippen LogP contribution is -2.38. The lowest BCUT2D eigenvalue weighted by molar-refractivity contribution is -0.140. The maximum Gasteiger partial charge on any atom is 0.254 e. The zero-order valence-corrected chi connectivity index (χ0v) is 14.2. The van der Waals surface area contributed by atoms with E-state index in [9.17, 15) is 9.59 Å². The molecule has 25 heavy (non-hydrogen) atoms. The fourth-order valence-electron chi connectivity index (χ4n) is 4.31. The van der Waals surface area contributed by atoms with Crippen molar-refractivity contribution >= 4 is 18.0 Å². The summed E-state index contributed by atoms with van der Waals surface area (Å²) < 4.78 is 10.6. The van der Waals surface area contributed by atoms with Crippen LogP contribution in [0.2, 0.25) is 0 Å². The van der Waals surface area contributed by atoms with Crippen LogP contribution in [0.15, 0.2) is 35.5 Å². The summed E-state index contributed by atoms with van der Waals surface area (Å²) in [5, 5.41) is 5.25. The van der Waals surface area contributed by atoms with Crippen molar-refractivity contribution in [2.24, 2.45) is 28.8 Å². The van der Waals surface area contributed by atoms with E-state index in [2.05, 4.69) is 17.3 Å². The summed E-state index contributed by atoms with van der Waals surface area (Å²) in [6.07, 6.45) is 7.63. The van der Waals surface area contributed by atoms with E-state index in [4.69, 9.17) is 9.47 Å². The summed E-state index contributed by atoms with van der Waals surface area (Å²) in [4.78, 5) is 25.5. The van der Waals surface area contributed by atoms with Crippen LogP contribution >= 0.6 is 0 Å². The highest BCUT2D eigenvalue weighted by molar-refractivity contribution is 6.06. The molecule has 4 atom stereocenters. The van der Waals surface area contributed by atoms with Gasteiger partial charge in [0.2, 0.25) is 0 Å². The quantitative estimate of drug-likeness (QED) is 0.479. The molecule has 5 rings (SSSR count). The highest BCUT2D eigenvalue weighted by Gasteiger charge is 2.56. The van der Waals surface area contributed by atoms with Gasteiger partial charge in [-0.25, -0.2) is 0 Å². The van der Waals surface area contributed by atoms with E-state index >= 15 is 0 Å². The molecule has 0 radical (unpaired) electrons. The molecule has 1 heterocycles. The van der Waals surface area contributed by atoms with E-state index in [1.54, 1.807) is 32.4 Å². The molecule has 2 fully saturated rings. The van der Waals surface area contributed by atoms with Gasteiger partial charge in [0.05, 0.1) is 32.3 Å². The van der Waals surface area contributed by atoms with Gasteiger partial charge in [0.25, 0.3) is 11.8 Å². The molecular weight excluding hydrogens is 320 g/mol. The Balaban J connectivity index is 1.63. The van der Waals surface area contributed by atoms with Crippen LogP contribution in [0.25, 0.3) is 0 Å². The van der Waals surface area contributed by atoms with Crippen LogP contribution in [-0.4, -0.2) is 37.3 Å². The highest BCUT2D eigenvalue weighted by atomic mass is 16.5. The summed E-state index contributed by atoms with van der Waals surface area (Å²) >= 11 is 0. The van der Waals surface area contributed by atoms with Crippen molar-refractivity contribution in [3.05, 3.63) is 35.9 Å². The van der Waals surface area contributed by atoms with Crippen LogP contribution in [0.4, 0.5) is 0 Å². The molecule has 6 heteroatoms. The number of amides is 2. The molecule has 1 aromatic carbocycles. The van der Waals surface area contributed by atoms with Crippen molar-refractivity contribution in [1.82, 2.24) is 5.01 Å². The number of carbonyl (C=O) groups is 2. The summed E-state index contributed by atoms with van der Waals surface area (Å²) in [6.45, 7) is 0. The summed E-state index contributed by atoms with van der Waals surface area (Å²) in [5.41, 5.74) is 0.651. The number of allylic oxidation sites excluding steroid dienone is 2. The number of imide groups is 1. The highest BCUT2D eigenvalue weighted by Crippen LogP contribution is 2.49. The van der Waals surface area contributed by atoms with E-state index in [0.717, 1.165) is 17.9 Å². The topological polar surface area (TPSA) is 68.2 Å². The van der Waals surface area contributed by atoms with Crippen LogP contribution in [0.5, 0.6) is 11.5 Å². The fraction of sp³-hybridized carbons (Fsp3) is 0.421. The van der Waals surface area contributed by atoms with Crippen molar-refractivity contribution < 1.29 is 19.1 Å². The van der Waals surface area contributed by atoms with Gasteiger partial charge in [-0.15, -0.1) is 0 Å². The van der Waals surface area contributed by atoms with Gasteiger partial charge in [-0.05, 0) is 36.8 Å². The van der Waals surface area contributed by atoms with E-state index in [0.29, 0.717) is 17.1 Å².